The van der Waals surface area contributed by atoms with Crippen LogP contribution in [0.1, 0.15) is 26.5 Å². The molecule has 2 amide bonds. The van der Waals surface area contributed by atoms with Gasteiger partial charge in [0.1, 0.15) is 5.76 Å². The van der Waals surface area contributed by atoms with Crippen molar-refractivity contribution in [3.8, 4) is 0 Å². The van der Waals surface area contributed by atoms with Crippen molar-refractivity contribution >= 4 is 11.8 Å². The third kappa shape index (κ3) is 4.70. The van der Waals surface area contributed by atoms with Gasteiger partial charge < -0.3 is 14.6 Å². The monoisotopic (exact) mass is 281 g/mol. The van der Waals surface area contributed by atoms with E-state index >= 15 is 0 Å². The van der Waals surface area contributed by atoms with Gasteiger partial charge in [-0.3, -0.25) is 14.9 Å². The number of likely N-dealkylation sites (N-methyl/N-ethyl adjacent to an activating group) is 1. The van der Waals surface area contributed by atoms with Crippen LogP contribution in [0.4, 0.5) is 0 Å². The number of carbonyl (C=O) groups is 2. The summed E-state index contributed by atoms with van der Waals surface area (Å²) in [7, 11) is 1.74. The van der Waals surface area contributed by atoms with Gasteiger partial charge in [0.25, 0.3) is 0 Å². The van der Waals surface area contributed by atoms with Crippen molar-refractivity contribution in [2.45, 2.75) is 39.4 Å². The summed E-state index contributed by atoms with van der Waals surface area (Å²) in [6.45, 7) is 6.38. The Morgan fingerprint density at radius 3 is 2.60 bits per heavy atom. The van der Waals surface area contributed by atoms with E-state index in [1.54, 1.807) is 44.2 Å². The van der Waals surface area contributed by atoms with Crippen molar-refractivity contribution in [2.75, 3.05) is 13.6 Å². The number of nitrogens with one attached hydrogen (secondary N) is 2. The van der Waals surface area contributed by atoms with Crippen molar-refractivity contribution in [1.29, 1.82) is 0 Å². The van der Waals surface area contributed by atoms with E-state index in [0.29, 0.717) is 18.8 Å². The number of amides is 2. The van der Waals surface area contributed by atoms with Gasteiger partial charge in [0, 0.05) is 13.6 Å². The van der Waals surface area contributed by atoms with Crippen LogP contribution in [-0.4, -0.2) is 42.4 Å². The van der Waals surface area contributed by atoms with Gasteiger partial charge in [0.15, 0.2) is 0 Å². The van der Waals surface area contributed by atoms with Crippen molar-refractivity contribution < 1.29 is 14.0 Å². The van der Waals surface area contributed by atoms with E-state index in [0.717, 1.165) is 0 Å². The Hall–Kier alpha value is -1.82. The van der Waals surface area contributed by atoms with Crippen LogP contribution >= 0.6 is 0 Å². The quantitative estimate of drug-likeness (QED) is 0.773. The molecule has 0 fully saturated rings. The predicted molar refractivity (Wildman–Crippen MR) is 75.9 cm³/mol. The Bertz CT molecular complexity index is 431. The second-order valence-corrected chi connectivity index (χ2v) is 4.76. The van der Waals surface area contributed by atoms with Crippen LogP contribution in [0.2, 0.25) is 0 Å². The molecule has 0 bridgehead atoms. The zero-order valence-corrected chi connectivity index (χ0v) is 12.5. The Morgan fingerprint density at radius 2 is 2.05 bits per heavy atom. The maximum absolute atomic E-state index is 11.9. The highest BCUT2D eigenvalue weighted by Crippen LogP contribution is 1.99. The van der Waals surface area contributed by atoms with Crippen LogP contribution in [0.15, 0.2) is 22.8 Å². The summed E-state index contributed by atoms with van der Waals surface area (Å²) < 4.78 is 5.13. The van der Waals surface area contributed by atoms with Gasteiger partial charge in [-0.05, 0) is 32.9 Å². The van der Waals surface area contributed by atoms with Crippen molar-refractivity contribution in [1.82, 2.24) is 15.5 Å². The van der Waals surface area contributed by atoms with Gasteiger partial charge >= 0.3 is 0 Å². The first-order chi connectivity index (χ1) is 9.45. The number of furan rings is 1. The van der Waals surface area contributed by atoms with Crippen LogP contribution in [-0.2, 0) is 16.1 Å². The summed E-state index contributed by atoms with van der Waals surface area (Å²) in [6.07, 6.45) is 1.56. The van der Waals surface area contributed by atoms with Crippen LogP contribution in [0.3, 0.4) is 0 Å². The minimum absolute atomic E-state index is 0.0295. The molecule has 0 radical (unpaired) electrons. The van der Waals surface area contributed by atoms with E-state index in [1.807, 2.05) is 6.92 Å². The zero-order chi connectivity index (χ0) is 15.1. The molecule has 0 aliphatic heterocycles. The van der Waals surface area contributed by atoms with Gasteiger partial charge in [0.05, 0.1) is 24.9 Å². The molecule has 0 aliphatic carbocycles. The third-order valence-corrected chi connectivity index (χ3v) is 3.13. The average Bonchev–Trinajstić information content (AvgIpc) is 2.95. The van der Waals surface area contributed by atoms with E-state index in [2.05, 4.69) is 10.6 Å². The summed E-state index contributed by atoms with van der Waals surface area (Å²) in [4.78, 5) is 25.4. The standard InChI is InChI=1S/C14H23N3O3/c1-5-17(4)14(19)11(3)16-10(2)13(18)15-9-12-7-6-8-20-12/h6-8,10-11,16H,5,9H2,1-4H3,(H,15,18). The topological polar surface area (TPSA) is 74.6 Å². The molecule has 2 N–H and O–H groups in total. The highest BCUT2D eigenvalue weighted by Gasteiger charge is 2.21. The van der Waals surface area contributed by atoms with Crippen molar-refractivity contribution in [3.05, 3.63) is 24.2 Å². The molecule has 0 saturated carbocycles. The summed E-state index contributed by atoms with van der Waals surface area (Å²) in [5, 5.41) is 5.74. The van der Waals surface area contributed by atoms with Crippen LogP contribution < -0.4 is 10.6 Å². The second-order valence-electron chi connectivity index (χ2n) is 4.76. The van der Waals surface area contributed by atoms with Crippen molar-refractivity contribution in [2.24, 2.45) is 0 Å². The number of carbonyl (C=O) groups excluding carboxylic acids is 2. The fourth-order valence-corrected chi connectivity index (χ4v) is 1.75. The molecule has 6 nitrogen and oxygen atoms in total. The molecule has 0 spiro atoms. The lowest BCUT2D eigenvalue weighted by Gasteiger charge is -2.23. The minimum atomic E-state index is -0.450. The third-order valence-electron chi connectivity index (χ3n) is 3.13. The zero-order valence-electron chi connectivity index (χ0n) is 12.5. The molecule has 1 aromatic rings. The maximum Gasteiger partial charge on any atom is 0.239 e. The first-order valence-electron chi connectivity index (χ1n) is 6.76. The largest absolute Gasteiger partial charge is 0.467 e. The second kappa shape index (κ2) is 7.69. The molecule has 0 aromatic carbocycles. The van der Waals surface area contributed by atoms with E-state index in [9.17, 15) is 9.59 Å². The number of rotatable bonds is 7. The average molecular weight is 281 g/mol. The predicted octanol–water partition coefficient (Wildman–Crippen LogP) is 0.741. The minimum Gasteiger partial charge on any atom is -0.467 e. The molecular weight excluding hydrogens is 258 g/mol. The number of hydrogen-bond acceptors (Lipinski definition) is 4. The molecule has 0 aliphatic rings. The highest BCUT2D eigenvalue weighted by atomic mass is 16.3. The molecule has 20 heavy (non-hydrogen) atoms. The fraction of sp³-hybridized carbons (Fsp3) is 0.571. The van der Waals surface area contributed by atoms with Crippen molar-refractivity contribution in [3.63, 3.8) is 0 Å². The molecule has 6 heteroatoms. The van der Waals surface area contributed by atoms with Gasteiger partial charge in [-0.2, -0.15) is 0 Å². The Kier molecular flexibility index (Phi) is 6.24. The maximum atomic E-state index is 11.9. The van der Waals surface area contributed by atoms with Crippen LogP contribution in [0.5, 0.6) is 0 Å². The molecular formula is C14H23N3O3. The SMILES string of the molecule is CCN(C)C(=O)C(C)NC(C)C(=O)NCc1ccco1. The molecule has 1 rings (SSSR count). The van der Waals surface area contributed by atoms with E-state index < -0.39 is 12.1 Å². The molecule has 112 valence electrons. The first-order valence-corrected chi connectivity index (χ1v) is 6.76. The Morgan fingerprint density at radius 1 is 1.35 bits per heavy atom. The Labute approximate surface area is 119 Å². The molecule has 2 atom stereocenters. The normalized spacial score (nSPS) is 13.6. The van der Waals surface area contributed by atoms with Gasteiger partial charge in [-0.25, -0.2) is 0 Å². The van der Waals surface area contributed by atoms with Gasteiger partial charge in [-0.1, -0.05) is 0 Å². The summed E-state index contributed by atoms with van der Waals surface area (Å²) in [6, 6.07) is 2.71. The lowest BCUT2D eigenvalue weighted by Crippen LogP contribution is -2.51. The fourth-order valence-electron chi connectivity index (χ4n) is 1.75. The van der Waals surface area contributed by atoms with Crippen LogP contribution in [0.25, 0.3) is 0 Å². The first kappa shape index (κ1) is 16.2. The Balaban J connectivity index is 2.39. The molecule has 2 unspecified atom stereocenters. The van der Waals surface area contributed by atoms with E-state index in [-0.39, 0.29) is 11.8 Å². The molecule has 1 aromatic heterocycles. The van der Waals surface area contributed by atoms with Gasteiger partial charge in [-0.15, -0.1) is 0 Å². The molecule has 0 saturated heterocycles. The lowest BCUT2D eigenvalue weighted by molar-refractivity contribution is -0.132. The number of hydrogen-bond donors (Lipinski definition) is 2. The lowest BCUT2D eigenvalue weighted by atomic mass is 10.2. The highest BCUT2D eigenvalue weighted by molar-refractivity contribution is 5.84. The molecule has 1 heterocycles. The van der Waals surface area contributed by atoms with E-state index in [4.69, 9.17) is 4.42 Å². The van der Waals surface area contributed by atoms with Gasteiger partial charge in [0.2, 0.25) is 11.8 Å². The summed E-state index contributed by atoms with van der Waals surface area (Å²) in [5.41, 5.74) is 0. The number of nitrogens with zero attached hydrogens (tertiary/aromatic N) is 1. The smallest absolute Gasteiger partial charge is 0.239 e. The van der Waals surface area contributed by atoms with E-state index in [1.165, 1.54) is 0 Å². The summed E-state index contributed by atoms with van der Waals surface area (Å²) >= 11 is 0. The summed E-state index contributed by atoms with van der Waals surface area (Å²) in [5.74, 6) is 0.499. The van der Waals surface area contributed by atoms with Crippen LogP contribution in [0, 0.1) is 0 Å².